The Morgan fingerprint density at radius 3 is 2.35 bits per heavy atom. The first kappa shape index (κ1) is 19.6. The molecule has 2 aromatic rings. The van der Waals surface area contributed by atoms with Crippen LogP contribution in [-0.2, 0) is 15.8 Å². The van der Waals surface area contributed by atoms with Crippen molar-refractivity contribution in [3.05, 3.63) is 54.1 Å². The fraction of sp³-hybridized carbons (Fsp3) is 0.176. The lowest BCUT2D eigenvalue weighted by Crippen LogP contribution is -2.20. The molecule has 26 heavy (non-hydrogen) atoms. The summed E-state index contributed by atoms with van der Waals surface area (Å²) < 4.78 is 42.7. The van der Waals surface area contributed by atoms with Crippen LogP contribution in [0.2, 0.25) is 0 Å². The standard InChI is InChI=1S/C17H15F3N2O3S/c18-17(19,20)11-5-7-12(8-6-11)25-9-16(24)22-13-3-1-2-4-14(13)26-10-15(21)23/h1-8H,9-10H2,(H2,21,23)(H,22,24). The van der Waals surface area contributed by atoms with Gasteiger partial charge in [-0.15, -0.1) is 11.8 Å². The summed E-state index contributed by atoms with van der Waals surface area (Å²) in [6, 6.07) is 10.9. The van der Waals surface area contributed by atoms with Gasteiger partial charge in [-0.05, 0) is 36.4 Å². The molecule has 0 spiro atoms. The minimum atomic E-state index is -4.43. The molecule has 0 aromatic heterocycles. The van der Waals surface area contributed by atoms with Crippen molar-refractivity contribution < 1.29 is 27.5 Å². The van der Waals surface area contributed by atoms with Gasteiger partial charge in [-0.1, -0.05) is 12.1 Å². The lowest BCUT2D eigenvalue weighted by atomic mass is 10.2. The van der Waals surface area contributed by atoms with E-state index in [9.17, 15) is 22.8 Å². The Morgan fingerprint density at radius 1 is 1.08 bits per heavy atom. The van der Waals surface area contributed by atoms with Crippen LogP contribution in [0.15, 0.2) is 53.4 Å². The molecule has 0 fully saturated rings. The van der Waals surface area contributed by atoms with Gasteiger partial charge in [0.15, 0.2) is 6.61 Å². The summed E-state index contributed by atoms with van der Waals surface area (Å²) in [7, 11) is 0. The van der Waals surface area contributed by atoms with Gasteiger partial charge in [0.1, 0.15) is 5.75 Å². The van der Waals surface area contributed by atoms with Gasteiger partial charge in [0.25, 0.3) is 5.91 Å². The number of alkyl halides is 3. The highest BCUT2D eigenvalue weighted by Gasteiger charge is 2.30. The third-order valence-electron chi connectivity index (χ3n) is 3.08. The third-order valence-corrected chi connectivity index (χ3v) is 4.18. The molecule has 2 aromatic carbocycles. The van der Waals surface area contributed by atoms with Crippen molar-refractivity contribution >= 4 is 29.3 Å². The van der Waals surface area contributed by atoms with Crippen molar-refractivity contribution in [3.63, 3.8) is 0 Å². The Labute approximate surface area is 151 Å². The second kappa shape index (κ2) is 8.61. The molecule has 0 unspecified atom stereocenters. The van der Waals surface area contributed by atoms with Crippen LogP contribution in [0.4, 0.5) is 18.9 Å². The van der Waals surface area contributed by atoms with Gasteiger partial charge >= 0.3 is 6.18 Å². The minimum Gasteiger partial charge on any atom is -0.484 e. The number of benzene rings is 2. The van der Waals surface area contributed by atoms with Crippen LogP contribution in [0.25, 0.3) is 0 Å². The molecule has 0 saturated carbocycles. The number of rotatable bonds is 7. The van der Waals surface area contributed by atoms with E-state index >= 15 is 0 Å². The highest BCUT2D eigenvalue weighted by atomic mass is 32.2. The Balaban J connectivity index is 1.92. The minimum absolute atomic E-state index is 0.0644. The number of nitrogens with one attached hydrogen (secondary N) is 1. The van der Waals surface area contributed by atoms with E-state index in [1.165, 1.54) is 11.8 Å². The van der Waals surface area contributed by atoms with E-state index in [4.69, 9.17) is 10.5 Å². The molecular formula is C17H15F3N2O3S. The molecule has 9 heteroatoms. The van der Waals surface area contributed by atoms with E-state index < -0.39 is 23.6 Å². The van der Waals surface area contributed by atoms with Crippen LogP contribution in [-0.4, -0.2) is 24.2 Å². The van der Waals surface area contributed by atoms with Gasteiger partial charge in [-0.25, -0.2) is 0 Å². The number of para-hydroxylation sites is 1. The van der Waals surface area contributed by atoms with Gasteiger partial charge in [0.2, 0.25) is 5.91 Å². The second-order valence-corrected chi connectivity index (χ2v) is 6.13. The predicted octanol–water partition coefficient (Wildman–Crippen LogP) is 3.30. The zero-order valence-electron chi connectivity index (χ0n) is 13.4. The zero-order chi connectivity index (χ0) is 19.2. The Morgan fingerprint density at radius 2 is 1.73 bits per heavy atom. The Kier molecular flexibility index (Phi) is 6.51. The largest absolute Gasteiger partial charge is 0.484 e. The topological polar surface area (TPSA) is 81.4 Å². The Bertz CT molecular complexity index is 780. The van der Waals surface area contributed by atoms with Crippen LogP contribution in [0.5, 0.6) is 5.75 Å². The molecule has 0 atom stereocenters. The van der Waals surface area contributed by atoms with Crippen LogP contribution in [0.1, 0.15) is 5.56 Å². The maximum atomic E-state index is 12.5. The molecule has 2 amide bonds. The maximum Gasteiger partial charge on any atom is 0.416 e. The molecule has 0 heterocycles. The fourth-order valence-corrected chi connectivity index (χ4v) is 2.67. The van der Waals surface area contributed by atoms with Crippen molar-refractivity contribution in [2.24, 2.45) is 5.73 Å². The van der Waals surface area contributed by atoms with E-state index in [1.54, 1.807) is 24.3 Å². The van der Waals surface area contributed by atoms with Crippen molar-refractivity contribution in [1.29, 1.82) is 0 Å². The number of carbonyl (C=O) groups excluding carboxylic acids is 2. The number of primary amides is 1. The van der Waals surface area contributed by atoms with Crippen molar-refractivity contribution in [2.45, 2.75) is 11.1 Å². The monoisotopic (exact) mass is 384 g/mol. The number of hydrogen-bond donors (Lipinski definition) is 2. The van der Waals surface area contributed by atoms with E-state index in [0.29, 0.717) is 10.6 Å². The lowest BCUT2D eigenvalue weighted by molar-refractivity contribution is -0.137. The number of hydrogen-bond acceptors (Lipinski definition) is 4. The molecule has 0 aliphatic carbocycles. The summed E-state index contributed by atoms with van der Waals surface area (Å²) in [5.74, 6) is -0.766. The maximum absolute atomic E-state index is 12.5. The van der Waals surface area contributed by atoms with E-state index in [0.717, 1.165) is 24.3 Å². The van der Waals surface area contributed by atoms with Crippen LogP contribution < -0.4 is 15.8 Å². The predicted molar refractivity (Wildman–Crippen MR) is 91.9 cm³/mol. The van der Waals surface area contributed by atoms with Gasteiger partial charge in [-0.3, -0.25) is 9.59 Å². The zero-order valence-corrected chi connectivity index (χ0v) is 14.2. The van der Waals surface area contributed by atoms with Crippen molar-refractivity contribution in [3.8, 4) is 5.75 Å². The molecule has 0 aliphatic rings. The van der Waals surface area contributed by atoms with Crippen LogP contribution in [0.3, 0.4) is 0 Å². The number of ether oxygens (including phenoxy) is 1. The number of nitrogens with two attached hydrogens (primary N) is 1. The summed E-state index contributed by atoms with van der Waals surface area (Å²) in [6.45, 7) is -0.375. The quantitative estimate of drug-likeness (QED) is 0.718. The van der Waals surface area contributed by atoms with Crippen LogP contribution >= 0.6 is 11.8 Å². The van der Waals surface area contributed by atoms with Gasteiger partial charge in [-0.2, -0.15) is 13.2 Å². The summed E-state index contributed by atoms with van der Waals surface area (Å²) in [5.41, 5.74) is 4.79. The van der Waals surface area contributed by atoms with E-state index in [-0.39, 0.29) is 18.1 Å². The highest BCUT2D eigenvalue weighted by Crippen LogP contribution is 2.30. The highest BCUT2D eigenvalue weighted by molar-refractivity contribution is 8.00. The number of anilines is 1. The average Bonchev–Trinajstić information content (AvgIpc) is 2.59. The number of amides is 2. The molecule has 0 saturated heterocycles. The fourth-order valence-electron chi connectivity index (χ4n) is 1.92. The summed E-state index contributed by atoms with van der Waals surface area (Å²) in [4.78, 5) is 23.5. The first-order valence-corrected chi connectivity index (χ1v) is 8.34. The molecule has 0 bridgehead atoms. The molecule has 138 valence electrons. The molecule has 0 aliphatic heterocycles. The lowest BCUT2D eigenvalue weighted by Gasteiger charge is -2.11. The van der Waals surface area contributed by atoms with Crippen molar-refractivity contribution in [1.82, 2.24) is 0 Å². The first-order chi connectivity index (χ1) is 12.3. The third kappa shape index (κ3) is 5.99. The smallest absolute Gasteiger partial charge is 0.416 e. The molecule has 2 rings (SSSR count). The summed E-state index contributed by atoms with van der Waals surface area (Å²) in [5, 5.41) is 2.62. The Hall–Kier alpha value is -2.68. The SMILES string of the molecule is NC(=O)CSc1ccccc1NC(=O)COc1ccc(C(F)(F)F)cc1. The first-order valence-electron chi connectivity index (χ1n) is 7.36. The molecule has 0 radical (unpaired) electrons. The van der Waals surface area contributed by atoms with Crippen molar-refractivity contribution in [2.75, 3.05) is 17.7 Å². The van der Waals surface area contributed by atoms with Gasteiger partial charge in [0, 0.05) is 4.90 Å². The van der Waals surface area contributed by atoms with E-state index in [2.05, 4.69) is 5.32 Å². The number of carbonyl (C=O) groups is 2. The van der Waals surface area contributed by atoms with E-state index in [1.807, 2.05) is 0 Å². The average molecular weight is 384 g/mol. The van der Waals surface area contributed by atoms with Gasteiger partial charge in [0.05, 0.1) is 17.0 Å². The summed E-state index contributed by atoms with van der Waals surface area (Å²) >= 11 is 1.18. The molecular weight excluding hydrogens is 369 g/mol. The molecule has 5 nitrogen and oxygen atoms in total. The molecule has 3 N–H and O–H groups in total. The number of halogens is 3. The van der Waals surface area contributed by atoms with Crippen LogP contribution in [0, 0.1) is 0 Å². The van der Waals surface area contributed by atoms with Gasteiger partial charge < -0.3 is 15.8 Å². The normalized spacial score (nSPS) is 11.0. The number of thioether (sulfide) groups is 1. The summed E-state index contributed by atoms with van der Waals surface area (Å²) in [6.07, 6.45) is -4.43. The second-order valence-electron chi connectivity index (χ2n) is 5.11.